The lowest BCUT2D eigenvalue weighted by Crippen LogP contribution is -2.41. The predicted octanol–water partition coefficient (Wildman–Crippen LogP) is 1.62. The number of carbonyl (C=O) groups excluding carboxylic acids is 1. The van der Waals surface area contributed by atoms with E-state index >= 15 is 0 Å². The van der Waals surface area contributed by atoms with Crippen LogP contribution >= 0.6 is 0 Å². The van der Waals surface area contributed by atoms with E-state index in [1.54, 1.807) is 0 Å². The molecule has 1 aromatic rings. The molecule has 0 aliphatic carbocycles. The Labute approximate surface area is 120 Å². The molecule has 0 unspecified atom stereocenters. The number of hydrogen-bond acceptors (Lipinski definition) is 3. The van der Waals surface area contributed by atoms with Gasteiger partial charge in [-0.05, 0) is 43.9 Å². The van der Waals surface area contributed by atoms with Crippen LogP contribution in [0.5, 0.6) is 0 Å². The predicted molar refractivity (Wildman–Crippen MR) is 80.8 cm³/mol. The Bertz CT molecular complexity index is 474. The standard InChI is InChI=1S/C16H23N3O/c1-12-5-2-3-7-14(12)18-16(20)11-19-9-13-6-4-8-17-15(13)10-19/h2-3,5,7,13,15,17H,4,6,8-11H2,1H3,(H,18,20)/t13-,15+/m0/s1. The van der Waals surface area contributed by atoms with Crippen molar-refractivity contribution in [1.82, 2.24) is 10.2 Å². The van der Waals surface area contributed by atoms with Crippen molar-refractivity contribution in [2.75, 3.05) is 31.5 Å². The van der Waals surface area contributed by atoms with Gasteiger partial charge in [-0.25, -0.2) is 0 Å². The zero-order valence-corrected chi connectivity index (χ0v) is 12.1. The molecule has 2 fully saturated rings. The molecule has 2 aliphatic heterocycles. The van der Waals surface area contributed by atoms with Crippen molar-refractivity contribution in [3.8, 4) is 0 Å². The minimum Gasteiger partial charge on any atom is -0.325 e. The van der Waals surface area contributed by atoms with Crippen LogP contribution in [-0.2, 0) is 4.79 Å². The zero-order chi connectivity index (χ0) is 13.9. The summed E-state index contributed by atoms with van der Waals surface area (Å²) in [5, 5.41) is 6.59. The first kappa shape index (κ1) is 13.6. The summed E-state index contributed by atoms with van der Waals surface area (Å²) >= 11 is 0. The van der Waals surface area contributed by atoms with Crippen LogP contribution in [0.2, 0.25) is 0 Å². The summed E-state index contributed by atoms with van der Waals surface area (Å²) in [5.74, 6) is 0.827. The SMILES string of the molecule is Cc1ccccc1NC(=O)CN1C[C@@H]2CCCN[C@@H]2C1. The fourth-order valence-corrected chi connectivity index (χ4v) is 3.37. The van der Waals surface area contributed by atoms with Crippen molar-refractivity contribution in [1.29, 1.82) is 0 Å². The largest absolute Gasteiger partial charge is 0.325 e. The van der Waals surface area contributed by atoms with Crippen LogP contribution in [0.25, 0.3) is 0 Å². The number of hydrogen-bond donors (Lipinski definition) is 2. The first-order valence-corrected chi connectivity index (χ1v) is 7.53. The molecule has 0 aromatic heterocycles. The van der Waals surface area contributed by atoms with Crippen molar-refractivity contribution in [2.24, 2.45) is 5.92 Å². The highest BCUT2D eigenvalue weighted by Crippen LogP contribution is 2.24. The van der Waals surface area contributed by atoms with Crippen LogP contribution < -0.4 is 10.6 Å². The van der Waals surface area contributed by atoms with Gasteiger partial charge in [0.25, 0.3) is 0 Å². The lowest BCUT2D eigenvalue weighted by atomic mass is 9.94. The number of amides is 1. The highest BCUT2D eigenvalue weighted by molar-refractivity contribution is 5.92. The number of fused-ring (bicyclic) bond motifs is 1. The van der Waals surface area contributed by atoms with Crippen LogP contribution in [-0.4, -0.2) is 43.0 Å². The van der Waals surface area contributed by atoms with Gasteiger partial charge < -0.3 is 10.6 Å². The van der Waals surface area contributed by atoms with Gasteiger partial charge in [0, 0.05) is 24.8 Å². The summed E-state index contributed by atoms with van der Waals surface area (Å²) in [6.45, 7) is 5.71. The fourth-order valence-electron chi connectivity index (χ4n) is 3.37. The molecule has 2 saturated heterocycles. The second-order valence-corrected chi connectivity index (χ2v) is 6.02. The summed E-state index contributed by atoms with van der Waals surface area (Å²) < 4.78 is 0. The van der Waals surface area contributed by atoms with Crippen molar-refractivity contribution in [2.45, 2.75) is 25.8 Å². The maximum atomic E-state index is 12.2. The Morgan fingerprint density at radius 2 is 2.25 bits per heavy atom. The van der Waals surface area contributed by atoms with Crippen molar-refractivity contribution in [3.63, 3.8) is 0 Å². The number of nitrogens with zero attached hydrogens (tertiary/aromatic N) is 1. The third-order valence-electron chi connectivity index (χ3n) is 4.46. The molecule has 4 nitrogen and oxygen atoms in total. The number of rotatable bonds is 3. The number of likely N-dealkylation sites (tertiary alicyclic amines) is 1. The molecular formula is C16H23N3O. The molecule has 0 radical (unpaired) electrons. The van der Waals surface area contributed by atoms with Gasteiger partial charge in [0.2, 0.25) is 5.91 Å². The minimum absolute atomic E-state index is 0.0953. The maximum Gasteiger partial charge on any atom is 0.238 e. The van der Waals surface area contributed by atoms with Gasteiger partial charge in [-0.2, -0.15) is 0 Å². The third-order valence-corrected chi connectivity index (χ3v) is 4.46. The second-order valence-electron chi connectivity index (χ2n) is 6.02. The smallest absolute Gasteiger partial charge is 0.238 e. The van der Waals surface area contributed by atoms with E-state index in [9.17, 15) is 4.79 Å². The van der Waals surface area contributed by atoms with Gasteiger partial charge in [-0.3, -0.25) is 9.69 Å². The fraction of sp³-hybridized carbons (Fsp3) is 0.562. The van der Waals surface area contributed by atoms with Crippen molar-refractivity contribution < 1.29 is 4.79 Å². The van der Waals surface area contributed by atoms with Gasteiger partial charge >= 0.3 is 0 Å². The molecule has 0 spiro atoms. The normalized spacial score (nSPS) is 26.2. The summed E-state index contributed by atoms with van der Waals surface area (Å²) in [6.07, 6.45) is 2.57. The molecule has 3 rings (SSSR count). The molecule has 2 N–H and O–H groups in total. The average Bonchev–Trinajstić information content (AvgIpc) is 2.83. The summed E-state index contributed by atoms with van der Waals surface area (Å²) in [6, 6.07) is 8.51. The lowest BCUT2D eigenvalue weighted by Gasteiger charge is -2.24. The van der Waals surface area contributed by atoms with E-state index in [1.807, 2.05) is 31.2 Å². The number of nitrogens with one attached hydrogen (secondary N) is 2. The van der Waals surface area contributed by atoms with Crippen LogP contribution in [0.15, 0.2) is 24.3 Å². The maximum absolute atomic E-state index is 12.2. The number of carbonyl (C=O) groups is 1. The zero-order valence-electron chi connectivity index (χ0n) is 12.1. The molecule has 20 heavy (non-hydrogen) atoms. The Kier molecular flexibility index (Phi) is 4.03. The molecule has 108 valence electrons. The van der Waals surface area contributed by atoms with Crippen LogP contribution in [0, 0.1) is 12.8 Å². The average molecular weight is 273 g/mol. The number of aryl methyl sites for hydroxylation is 1. The van der Waals surface area contributed by atoms with Crippen LogP contribution in [0.1, 0.15) is 18.4 Å². The molecule has 0 saturated carbocycles. The summed E-state index contributed by atoms with van der Waals surface area (Å²) in [4.78, 5) is 14.4. The number of piperidine rings is 1. The van der Waals surface area contributed by atoms with E-state index < -0.39 is 0 Å². The third kappa shape index (κ3) is 3.02. The van der Waals surface area contributed by atoms with Gasteiger partial charge in [-0.15, -0.1) is 0 Å². The van der Waals surface area contributed by atoms with E-state index in [2.05, 4.69) is 15.5 Å². The van der Waals surface area contributed by atoms with E-state index in [0.29, 0.717) is 12.6 Å². The molecule has 0 bridgehead atoms. The number of para-hydroxylation sites is 1. The first-order chi connectivity index (χ1) is 9.72. The van der Waals surface area contributed by atoms with Gasteiger partial charge in [0.15, 0.2) is 0 Å². The van der Waals surface area contributed by atoms with E-state index in [0.717, 1.165) is 36.8 Å². The van der Waals surface area contributed by atoms with Crippen molar-refractivity contribution >= 4 is 11.6 Å². The van der Waals surface area contributed by atoms with E-state index in [1.165, 1.54) is 12.8 Å². The number of benzene rings is 1. The van der Waals surface area contributed by atoms with E-state index in [4.69, 9.17) is 0 Å². The van der Waals surface area contributed by atoms with Gasteiger partial charge in [-0.1, -0.05) is 18.2 Å². The lowest BCUT2D eigenvalue weighted by molar-refractivity contribution is -0.117. The Balaban J connectivity index is 1.53. The van der Waals surface area contributed by atoms with Crippen molar-refractivity contribution in [3.05, 3.63) is 29.8 Å². The quantitative estimate of drug-likeness (QED) is 0.879. The second kappa shape index (κ2) is 5.94. The molecule has 2 heterocycles. The Morgan fingerprint density at radius 3 is 3.05 bits per heavy atom. The number of anilines is 1. The highest BCUT2D eigenvalue weighted by Gasteiger charge is 2.34. The topological polar surface area (TPSA) is 44.4 Å². The molecule has 1 aromatic carbocycles. The molecule has 1 amide bonds. The molecule has 2 aliphatic rings. The molecule has 2 atom stereocenters. The molecular weight excluding hydrogens is 250 g/mol. The monoisotopic (exact) mass is 273 g/mol. The van der Waals surface area contributed by atoms with E-state index in [-0.39, 0.29) is 5.91 Å². The van der Waals surface area contributed by atoms with Crippen LogP contribution in [0.4, 0.5) is 5.69 Å². The summed E-state index contributed by atoms with van der Waals surface area (Å²) in [7, 11) is 0. The summed E-state index contributed by atoms with van der Waals surface area (Å²) in [5.41, 5.74) is 2.03. The highest BCUT2D eigenvalue weighted by atomic mass is 16.2. The van der Waals surface area contributed by atoms with Gasteiger partial charge in [0.1, 0.15) is 0 Å². The Morgan fingerprint density at radius 1 is 1.40 bits per heavy atom. The van der Waals surface area contributed by atoms with Gasteiger partial charge in [0.05, 0.1) is 6.54 Å². The first-order valence-electron chi connectivity index (χ1n) is 7.53. The minimum atomic E-state index is 0.0953. The van der Waals surface area contributed by atoms with Crippen LogP contribution in [0.3, 0.4) is 0 Å². The molecule has 4 heteroatoms. The Hall–Kier alpha value is -1.39.